The third kappa shape index (κ3) is 3.24. The molecule has 1 heterocycles. The summed E-state index contributed by atoms with van der Waals surface area (Å²) in [6, 6.07) is 6.50. The number of nitrogens with one attached hydrogen (secondary N) is 1. The number of aliphatic hydroxyl groups is 1. The summed E-state index contributed by atoms with van der Waals surface area (Å²) >= 11 is 0. The van der Waals surface area contributed by atoms with Gasteiger partial charge < -0.3 is 15.3 Å². The molecular formula is C16H22N2O3. The number of benzene rings is 1. The molecule has 0 aliphatic carbocycles. The first kappa shape index (κ1) is 15.5. The van der Waals surface area contributed by atoms with Crippen LogP contribution in [0.5, 0.6) is 0 Å². The minimum Gasteiger partial charge on any atom is -0.392 e. The molecule has 1 aliphatic rings. The molecule has 2 rings (SSSR count). The summed E-state index contributed by atoms with van der Waals surface area (Å²) in [6.45, 7) is 6.16. The van der Waals surface area contributed by atoms with Crippen molar-refractivity contribution < 1.29 is 14.7 Å². The Hall–Kier alpha value is -1.88. The molecule has 0 spiro atoms. The van der Waals surface area contributed by atoms with Crippen LogP contribution in [0.1, 0.15) is 32.8 Å². The lowest BCUT2D eigenvalue weighted by atomic mass is 9.92. The quantitative estimate of drug-likeness (QED) is 0.888. The van der Waals surface area contributed by atoms with Crippen LogP contribution in [0.2, 0.25) is 0 Å². The van der Waals surface area contributed by atoms with Gasteiger partial charge in [-0.15, -0.1) is 0 Å². The maximum Gasteiger partial charge on any atom is 0.246 e. The molecule has 2 N–H and O–H groups in total. The van der Waals surface area contributed by atoms with Gasteiger partial charge in [0.05, 0.1) is 6.61 Å². The molecule has 0 unspecified atom stereocenters. The number of anilines is 1. The first-order valence-corrected chi connectivity index (χ1v) is 7.17. The van der Waals surface area contributed by atoms with Crippen molar-refractivity contribution in [3.8, 4) is 0 Å². The summed E-state index contributed by atoms with van der Waals surface area (Å²) in [5.41, 5.74) is 1.07. The highest BCUT2D eigenvalue weighted by Gasteiger charge is 2.42. The number of amides is 2. The van der Waals surface area contributed by atoms with E-state index in [1.54, 1.807) is 36.1 Å². The lowest BCUT2D eigenvalue weighted by Crippen LogP contribution is -2.44. The van der Waals surface area contributed by atoms with Gasteiger partial charge in [-0.05, 0) is 31.0 Å². The summed E-state index contributed by atoms with van der Waals surface area (Å²) in [6.07, 6.45) is 0.772. The monoisotopic (exact) mass is 290 g/mol. The topological polar surface area (TPSA) is 69.6 Å². The minimum atomic E-state index is -0.489. The Morgan fingerprint density at radius 3 is 2.48 bits per heavy atom. The zero-order valence-corrected chi connectivity index (χ0v) is 12.7. The van der Waals surface area contributed by atoms with Crippen molar-refractivity contribution in [2.45, 2.75) is 39.8 Å². The predicted molar refractivity (Wildman–Crippen MR) is 80.6 cm³/mol. The largest absolute Gasteiger partial charge is 0.392 e. The van der Waals surface area contributed by atoms with E-state index in [9.17, 15) is 9.59 Å². The highest BCUT2D eigenvalue weighted by molar-refractivity contribution is 5.98. The minimum absolute atomic E-state index is 0.0258. The molecule has 1 aromatic carbocycles. The highest BCUT2D eigenvalue weighted by Crippen LogP contribution is 2.31. The van der Waals surface area contributed by atoms with Gasteiger partial charge in [0.2, 0.25) is 11.8 Å². The van der Waals surface area contributed by atoms with Gasteiger partial charge in [-0.2, -0.15) is 0 Å². The van der Waals surface area contributed by atoms with Crippen LogP contribution in [-0.4, -0.2) is 34.4 Å². The van der Waals surface area contributed by atoms with Gasteiger partial charge in [0.1, 0.15) is 6.04 Å². The Morgan fingerprint density at radius 1 is 1.38 bits per heavy atom. The fourth-order valence-electron chi connectivity index (χ4n) is 2.45. The summed E-state index contributed by atoms with van der Waals surface area (Å²) in [5.74, 6) is -0.168. The fraction of sp³-hybridized carbons (Fsp3) is 0.500. The molecule has 1 saturated heterocycles. The second-order valence-electron chi connectivity index (χ2n) is 6.15. The van der Waals surface area contributed by atoms with E-state index in [4.69, 9.17) is 5.11 Å². The zero-order chi connectivity index (χ0) is 15.6. The molecule has 2 amide bonds. The van der Waals surface area contributed by atoms with Crippen molar-refractivity contribution in [1.29, 1.82) is 0 Å². The summed E-state index contributed by atoms with van der Waals surface area (Å²) in [4.78, 5) is 26.1. The van der Waals surface area contributed by atoms with Crippen LogP contribution < -0.4 is 5.32 Å². The normalized spacial score (nSPS) is 18.7. The van der Waals surface area contributed by atoms with Crippen LogP contribution in [0.25, 0.3) is 0 Å². The molecule has 5 nitrogen and oxygen atoms in total. The maximum atomic E-state index is 12.3. The van der Waals surface area contributed by atoms with Gasteiger partial charge >= 0.3 is 0 Å². The van der Waals surface area contributed by atoms with E-state index < -0.39 is 6.04 Å². The smallest absolute Gasteiger partial charge is 0.246 e. The Bertz CT molecular complexity index is 537. The lowest BCUT2D eigenvalue weighted by molar-refractivity contribution is -0.139. The van der Waals surface area contributed by atoms with Crippen molar-refractivity contribution in [3.63, 3.8) is 0 Å². The van der Waals surface area contributed by atoms with Crippen LogP contribution >= 0.6 is 0 Å². The zero-order valence-electron chi connectivity index (χ0n) is 12.7. The average Bonchev–Trinajstić information content (AvgIpc) is 2.73. The van der Waals surface area contributed by atoms with Gasteiger partial charge in [-0.3, -0.25) is 9.59 Å². The number of hydrogen-bond donors (Lipinski definition) is 2. The van der Waals surface area contributed by atoms with Crippen molar-refractivity contribution in [1.82, 2.24) is 4.90 Å². The number of carbonyl (C=O) groups is 2. The highest BCUT2D eigenvalue weighted by atomic mass is 16.3. The standard InChI is InChI=1S/C16H22N2O3/c1-11(18-9-8-16(2,3)15(18)21)14(20)17-13-6-4-12(10-19)5-7-13/h4-7,11,19H,8-10H2,1-3H3,(H,17,20)/t11-/m0/s1. The molecule has 1 aliphatic heterocycles. The van der Waals surface area contributed by atoms with E-state index in [1.807, 2.05) is 13.8 Å². The molecule has 5 heteroatoms. The van der Waals surface area contributed by atoms with Gasteiger partial charge in [-0.1, -0.05) is 26.0 Å². The van der Waals surface area contributed by atoms with Gasteiger partial charge in [-0.25, -0.2) is 0 Å². The molecule has 1 atom stereocenters. The van der Waals surface area contributed by atoms with Gasteiger partial charge in [0.15, 0.2) is 0 Å². The number of aliphatic hydroxyl groups excluding tert-OH is 1. The molecular weight excluding hydrogens is 268 g/mol. The van der Waals surface area contributed by atoms with E-state index in [2.05, 4.69) is 5.32 Å². The van der Waals surface area contributed by atoms with Gasteiger partial charge in [0.25, 0.3) is 0 Å². The number of nitrogens with zero attached hydrogens (tertiary/aromatic N) is 1. The summed E-state index contributed by atoms with van der Waals surface area (Å²) < 4.78 is 0. The predicted octanol–water partition coefficient (Wildman–Crippen LogP) is 1.76. The summed E-state index contributed by atoms with van der Waals surface area (Å²) in [7, 11) is 0. The van der Waals surface area contributed by atoms with E-state index in [0.29, 0.717) is 12.2 Å². The second-order valence-corrected chi connectivity index (χ2v) is 6.15. The molecule has 1 fully saturated rings. The fourth-order valence-corrected chi connectivity index (χ4v) is 2.45. The van der Waals surface area contributed by atoms with Crippen molar-refractivity contribution in [2.24, 2.45) is 5.41 Å². The number of rotatable bonds is 4. The van der Waals surface area contributed by atoms with Crippen LogP contribution in [0, 0.1) is 5.41 Å². The molecule has 1 aromatic rings. The van der Waals surface area contributed by atoms with Crippen LogP contribution in [0.15, 0.2) is 24.3 Å². The lowest BCUT2D eigenvalue weighted by Gasteiger charge is -2.25. The SMILES string of the molecule is C[C@@H](C(=O)Nc1ccc(CO)cc1)N1CCC(C)(C)C1=O. The second kappa shape index (κ2) is 5.85. The third-order valence-corrected chi connectivity index (χ3v) is 4.07. The number of hydrogen-bond acceptors (Lipinski definition) is 3. The third-order valence-electron chi connectivity index (χ3n) is 4.07. The number of carbonyl (C=O) groups excluding carboxylic acids is 2. The van der Waals surface area contributed by atoms with Crippen molar-refractivity contribution in [2.75, 3.05) is 11.9 Å². The molecule has 0 aromatic heterocycles. The molecule has 21 heavy (non-hydrogen) atoms. The first-order chi connectivity index (χ1) is 9.85. The van der Waals surface area contributed by atoms with Crippen molar-refractivity contribution >= 4 is 17.5 Å². The summed E-state index contributed by atoms with van der Waals surface area (Å²) in [5, 5.41) is 11.8. The van der Waals surface area contributed by atoms with E-state index >= 15 is 0 Å². The Kier molecular flexibility index (Phi) is 4.32. The Morgan fingerprint density at radius 2 is 2.00 bits per heavy atom. The molecule has 0 radical (unpaired) electrons. The maximum absolute atomic E-state index is 12.3. The molecule has 114 valence electrons. The van der Waals surface area contributed by atoms with E-state index in [1.165, 1.54) is 0 Å². The molecule has 0 bridgehead atoms. The van der Waals surface area contributed by atoms with Crippen molar-refractivity contribution in [3.05, 3.63) is 29.8 Å². The molecule has 0 saturated carbocycles. The number of likely N-dealkylation sites (tertiary alicyclic amines) is 1. The average molecular weight is 290 g/mol. The van der Waals surface area contributed by atoms with Crippen LogP contribution in [0.3, 0.4) is 0 Å². The van der Waals surface area contributed by atoms with E-state index in [0.717, 1.165) is 12.0 Å². The van der Waals surface area contributed by atoms with E-state index in [-0.39, 0.29) is 23.8 Å². The first-order valence-electron chi connectivity index (χ1n) is 7.17. The Balaban J connectivity index is 2.01. The van der Waals surface area contributed by atoms with Crippen LogP contribution in [0.4, 0.5) is 5.69 Å². The van der Waals surface area contributed by atoms with Crippen LogP contribution in [-0.2, 0) is 16.2 Å². The Labute approximate surface area is 125 Å². The van der Waals surface area contributed by atoms with Gasteiger partial charge in [0, 0.05) is 17.6 Å².